The summed E-state index contributed by atoms with van der Waals surface area (Å²) in [5.41, 5.74) is 8.29. The molecular formula is C23H22FN5O2. The van der Waals surface area contributed by atoms with Crippen LogP contribution in [-0.2, 0) is 11.2 Å². The molecule has 0 aliphatic heterocycles. The Hall–Kier alpha value is -4.07. The predicted octanol–water partition coefficient (Wildman–Crippen LogP) is 3.23. The molecule has 0 spiro atoms. The number of H-pyrrole nitrogens is 1. The summed E-state index contributed by atoms with van der Waals surface area (Å²) in [4.78, 5) is 36.5. The number of imidazole rings is 1. The number of aromatic nitrogens is 3. The number of nitrogens with one attached hydrogen (secondary N) is 2. The van der Waals surface area contributed by atoms with E-state index in [4.69, 9.17) is 5.73 Å². The van der Waals surface area contributed by atoms with Gasteiger partial charge in [0.15, 0.2) is 0 Å². The average molecular weight is 419 g/mol. The number of hydrogen-bond acceptors (Lipinski definition) is 4. The van der Waals surface area contributed by atoms with Crippen molar-refractivity contribution in [2.24, 2.45) is 5.73 Å². The van der Waals surface area contributed by atoms with E-state index in [1.807, 2.05) is 6.07 Å². The Labute approximate surface area is 178 Å². The fourth-order valence-electron chi connectivity index (χ4n) is 3.22. The topological polar surface area (TPSA) is 114 Å². The molecule has 2 aromatic heterocycles. The van der Waals surface area contributed by atoms with E-state index in [1.54, 1.807) is 42.7 Å². The van der Waals surface area contributed by atoms with Crippen LogP contribution < -0.4 is 11.1 Å². The van der Waals surface area contributed by atoms with Crippen molar-refractivity contribution in [1.29, 1.82) is 0 Å². The maximum atomic E-state index is 13.4. The zero-order valence-corrected chi connectivity index (χ0v) is 15.8. The SMILES string of the molecule is C.NC(=O)[C@H](Cc1cccc(F)c1)NC(=O)c1cccc2[nH]c(-c3ccncc3)nc12. The standard InChI is InChI=1S/C22H18FN5O2.CH4/c23-15-4-1-3-13(11-15)12-18(20(24)29)27-22(30)16-5-2-6-17-19(16)28-21(26-17)14-7-9-25-10-8-14;/h1-11,18H,12H2,(H2,24,29)(H,26,28)(H,27,30);1H4/t18-;/m0./s1. The fraction of sp³-hybridized carbons (Fsp3) is 0.130. The number of hydrogen-bond donors (Lipinski definition) is 3. The molecule has 2 heterocycles. The van der Waals surface area contributed by atoms with Crippen LogP contribution in [0.2, 0.25) is 0 Å². The molecule has 0 bridgehead atoms. The highest BCUT2D eigenvalue weighted by atomic mass is 19.1. The quantitative estimate of drug-likeness (QED) is 0.445. The summed E-state index contributed by atoms with van der Waals surface area (Å²) in [7, 11) is 0. The van der Waals surface area contributed by atoms with Crippen LogP contribution in [0.3, 0.4) is 0 Å². The normalized spacial score (nSPS) is 11.5. The molecule has 0 aliphatic carbocycles. The summed E-state index contributed by atoms with van der Waals surface area (Å²) >= 11 is 0. The molecule has 2 aromatic carbocycles. The minimum absolute atomic E-state index is 0. The highest BCUT2D eigenvalue weighted by Crippen LogP contribution is 2.22. The monoisotopic (exact) mass is 419 g/mol. The third-order valence-corrected chi connectivity index (χ3v) is 4.69. The molecule has 7 nitrogen and oxygen atoms in total. The highest BCUT2D eigenvalue weighted by molar-refractivity contribution is 6.06. The zero-order valence-electron chi connectivity index (χ0n) is 15.8. The van der Waals surface area contributed by atoms with E-state index in [0.29, 0.717) is 28.0 Å². The van der Waals surface area contributed by atoms with Gasteiger partial charge >= 0.3 is 0 Å². The lowest BCUT2D eigenvalue weighted by Crippen LogP contribution is -2.45. The number of rotatable bonds is 6. The molecule has 0 saturated carbocycles. The number of aromatic amines is 1. The first-order chi connectivity index (χ1) is 14.5. The molecule has 0 radical (unpaired) electrons. The van der Waals surface area contributed by atoms with E-state index in [0.717, 1.165) is 5.56 Å². The van der Waals surface area contributed by atoms with Crippen molar-refractivity contribution in [3.8, 4) is 11.4 Å². The summed E-state index contributed by atoms with van der Waals surface area (Å²) in [5.74, 6) is -1.03. The Balaban J connectivity index is 0.00000272. The lowest BCUT2D eigenvalue weighted by Gasteiger charge is -2.16. The third kappa shape index (κ3) is 4.75. The molecule has 31 heavy (non-hydrogen) atoms. The molecular weight excluding hydrogens is 397 g/mol. The molecule has 4 N–H and O–H groups in total. The maximum Gasteiger partial charge on any atom is 0.254 e. The Kier molecular flexibility index (Phi) is 6.40. The Morgan fingerprint density at radius 2 is 1.84 bits per heavy atom. The Bertz CT molecular complexity index is 1220. The smallest absolute Gasteiger partial charge is 0.254 e. The number of para-hydroxylation sites is 1. The minimum Gasteiger partial charge on any atom is -0.368 e. The van der Waals surface area contributed by atoms with Crippen LogP contribution in [-0.4, -0.2) is 32.8 Å². The van der Waals surface area contributed by atoms with Gasteiger partial charge in [-0.05, 0) is 42.0 Å². The van der Waals surface area contributed by atoms with Gasteiger partial charge in [0.1, 0.15) is 23.2 Å². The van der Waals surface area contributed by atoms with E-state index in [9.17, 15) is 14.0 Å². The largest absolute Gasteiger partial charge is 0.368 e. The fourth-order valence-corrected chi connectivity index (χ4v) is 3.22. The molecule has 2 amide bonds. The number of carbonyl (C=O) groups is 2. The molecule has 158 valence electrons. The van der Waals surface area contributed by atoms with Gasteiger partial charge < -0.3 is 16.0 Å². The molecule has 0 unspecified atom stereocenters. The van der Waals surface area contributed by atoms with Gasteiger partial charge in [0, 0.05) is 24.4 Å². The molecule has 1 atom stereocenters. The van der Waals surface area contributed by atoms with Crippen LogP contribution in [0.5, 0.6) is 0 Å². The number of primary amides is 1. The van der Waals surface area contributed by atoms with Gasteiger partial charge in [-0.3, -0.25) is 14.6 Å². The van der Waals surface area contributed by atoms with Crippen LogP contribution in [0.4, 0.5) is 4.39 Å². The third-order valence-electron chi connectivity index (χ3n) is 4.69. The number of fused-ring (bicyclic) bond motifs is 1. The summed E-state index contributed by atoms with van der Waals surface area (Å²) < 4.78 is 13.4. The second kappa shape index (κ2) is 9.17. The maximum absolute atomic E-state index is 13.4. The summed E-state index contributed by atoms with van der Waals surface area (Å²) in [5, 5.41) is 2.64. The van der Waals surface area contributed by atoms with E-state index in [-0.39, 0.29) is 13.8 Å². The number of nitrogens with zero attached hydrogens (tertiary/aromatic N) is 2. The van der Waals surface area contributed by atoms with Gasteiger partial charge in [0.2, 0.25) is 5.91 Å². The zero-order chi connectivity index (χ0) is 21.1. The number of nitrogens with two attached hydrogens (primary N) is 1. The Morgan fingerprint density at radius 3 is 2.55 bits per heavy atom. The van der Waals surface area contributed by atoms with E-state index in [2.05, 4.69) is 20.3 Å². The number of pyridine rings is 1. The van der Waals surface area contributed by atoms with Gasteiger partial charge in [-0.15, -0.1) is 0 Å². The lowest BCUT2D eigenvalue weighted by molar-refractivity contribution is -0.119. The van der Waals surface area contributed by atoms with Crippen molar-refractivity contribution in [1.82, 2.24) is 20.3 Å². The predicted molar refractivity (Wildman–Crippen MR) is 117 cm³/mol. The van der Waals surface area contributed by atoms with Crippen molar-refractivity contribution in [2.45, 2.75) is 19.9 Å². The molecule has 0 fully saturated rings. The van der Waals surface area contributed by atoms with Gasteiger partial charge in [0.25, 0.3) is 5.91 Å². The number of amides is 2. The summed E-state index contributed by atoms with van der Waals surface area (Å²) in [6.45, 7) is 0. The van der Waals surface area contributed by atoms with Gasteiger partial charge in [0.05, 0.1) is 11.1 Å². The van der Waals surface area contributed by atoms with Crippen LogP contribution in [0.15, 0.2) is 67.0 Å². The lowest BCUT2D eigenvalue weighted by atomic mass is 10.0. The van der Waals surface area contributed by atoms with Crippen molar-refractivity contribution in [3.05, 3.63) is 83.9 Å². The highest BCUT2D eigenvalue weighted by Gasteiger charge is 2.22. The molecule has 8 heteroatoms. The molecule has 0 saturated heterocycles. The first-order valence-electron chi connectivity index (χ1n) is 9.25. The van der Waals surface area contributed by atoms with Crippen LogP contribution in [0.1, 0.15) is 23.3 Å². The molecule has 0 aliphatic rings. The summed E-state index contributed by atoms with van der Waals surface area (Å²) in [6.07, 6.45) is 3.39. The van der Waals surface area contributed by atoms with E-state index in [1.165, 1.54) is 18.2 Å². The van der Waals surface area contributed by atoms with Crippen LogP contribution >= 0.6 is 0 Å². The van der Waals surface area contributed by atoms with Crippen LogP contribution in [0.25, 0.3) is 22.4 Å². The molecule has 4 rings (SSSR count). The number of carbonyl (C=O) groups excluding carboxylic acids is 2. The number of halogens is 1. The summed E-state index contributed by atoms with van der Waals surface area (Å²) in [6, 6.07) is 13.6. The number of benzene rings is 2. The van der Waals surface area contributed by atoms with E-state index >= 15 is 0 Å². The van der Waals surface area contributed by atoms with Crippen molar-refractivity contribution in [3.63, 3.8) is 0 Å². The van der Waals surface area contributed by atoms with Gasteiger partial charge in [-0.2, -0.15) is 0 Å². The molecule has 4 aromatic rings. The van der Waals surface area contributed by atoms with E-state index < -0.39 is 23.7 Å². The second-order valence-corrected chi connectivity index (χ2v) is 6.79. The minimum atomic E-state index is -0.992. The van der Waals surface area contributed by atoms with Crippen molar-refractivity contribution < 1.29 is 14.0 Å². The van der Waals surface area contributed by atoms with Crippen molar-refractivity contribution in [2.75, 3.05) is 0 Å². The van der Waals surface area contributed by atoms with Crippen molar-refractivity contribution >= 4 is 22.8 Å². The second-order valence-electron chi connectivity index (χ2n) is 6.79. The Morgan fingerprint density at radius 1 is 1.10 bits per heavy atom. The van der Waals surface area contributed by atoms with Gasteiger partial charge in [-0.25, -0.2) is 9.37 Å². The first kappa shape index (κ1) is 21.6. The first-order valence-corrected chi connectivity index (χ1v) is 9.25. The van der Waals surface area contributed by atoms with Crippen LogP contribution in [0, 0.1) is 5.82 Å². The average Bonchev–Trinajstić information content (AvgIpc) is 3.18. The van der Waals surface area contributed by atoms with Gasteiger partial charge in [-0.1, -0.05) is 25.6 Å².